The standard InChI is InChI=1S/C12H17N5O/c1-10-4-2-3-5-11(10)18-9-6-12-14-16-17(15-12)8-7-13/h2-5H,6-9,13H2,1H3. The molecule has 6 nitrogen and oxygen atoms in total. The Kier molecular flexibility index (Phi) is 4.25. The van der Waals surface area contributed by atoms with Crippen LogP contribution in [0.3, 0.4) is 0 Å². The second-order valence-electron chi connectivity index (χ2n) is 3.95. The second kappa shape index (κ2) is 6.11. The average molecular weight is 247 g/mol. The summed E-state index contributed by atoms with van der Waals surface area (Å²) in [5.41, 5.74) is 6.53. The molecule has 0 aliphatic carbocycles. The number of para-hydroxylation sites is 1. The summed E-state index contributed by atoms with van der Waals surface area (Å²) in [4.78, 5) is 1.50. The number of ether oxygens (including phenoxy) is 1. The highest BCUT2D eigenvalue weighted by Gasteiger charge is 2.03. The molecule has 0 spiro atoms. The van der Waals surface area contributed by atoms with Crippen LogP contribution in [0.2, 0.25) is 0 Å². The van der Waals surface area contributed by atoms with Crippen molar-refractivity contribution in [3.63, 3.8) is 0 Å². The van der Waals surface area contributed by atoms with Crippen LogP contribution in [-0.4, -0.2) is 33.4 Å². The van der Waals surface area contributed by atoms with Crippen molar-refractivity contribution in [2.75, 3.05) is 13.2 Å². The molecule has 2 aromatic rings. The lowest BCUT2D eigenvalue weighted by Crippen LogP contribution is -2.12. The van der Waals surface area contributed by atoms with Gasteiger partial charge in [-0.2, -0.15) is 4.80 Å². The highest BCUT2D eigenvalue weighted by molar-refractivity contribution is 5.31. The van der Waals surface area contributed by atoms with Gasteiger partial charge in [0.1, 0.15) is 5.75 Å². The molecule has 0 radical (unpaired) electrons. The zero-order chi connectivity index (χ0) is 12.8. The van der Waals surface area contributed by atoms with Crippen LogP contribution in [0.5, 0.6) is 5.75 Å². The fourth-order valence-corrected chi connectivity index (χ4v) is 1.56. The van der Waals surface area contributed by atoms with Gasteiger partial charge in [0.15, 0.2) is 5.82 Å². The first-order valence-electron chi connectivity index (χ1n) is 5.95. The summed E-state index contributed by atoms with van der Waals surface area (Å²) in [6.45, 7) is 3.66. The molecule has 1 aromatic carbocycles. The van der Waals surface area contributed by atoms with E-state index in [1.165, 1.54) is 4.80 Å². The third kappa shape index (κ3) is 3.27. The van der Waals surface area contributed by atoms with Gasteiger partial charge in [-0.05, 0) is 23.8 Å². The molecular formula is C12H17N5O. The van der Waals surface area contributed by atoms with E-state index in [2.05, 4.69) is 15.4 Å². The Morgan fingerprint density at radius 1 is 1.33 bits per heavy atom. The first-order chi connectivity index (χ1) is 8.79. The summed E-state index contributed by atoms with van der Waals surface area (Å²) in [6, 6.07) is 7.92. The molecule has 1 aromatic heterocycles. The van der Waals surface area contributed by atoms with Crippen molar-refractivity contribution in [3.05, 3.63) is 35.7 Å². The fourth-order valence-electron chi connectivity index (χ4n) is 1.56. The molecule has 2 N–H and O–H groups in total. The van der Waals surface area contributed by atoms with Gasteiger partial charge < -0.3 is 10.5 Å². The Morgan fingerprint density at radius 3 is 2.94 bits per heavy atom. The Hall–Kier alpha value is -1.95. The van der Waals surface area contributed by atoms with Gasteiger partial charge in [-0.15, -0.1) is 10.2 Å². The lowest BCUT2D eigenvalue weighted by molar-refractivity contribution is 0.316. The smallest absolute Gasteiger partial charge is 0.178 e. The van der Waals surface area contributed by atoms with E-state index in [-0.39, 0.29) is 0 Å². The van der Waals surface area contributed by atoms with E-state index in [9.17, 15) is 0 Å². The van der Waals surface area contributed by atoms with Crippen molar-refractivity contribution < 1.29 is 4.74 Å². The first-order valence-corrected chi connectivity index (χ1v) is 5.95. The molecule has 0 aliphatic heterocycles. The van der Waals surface area contributed by atoms with Crippen molar-refractivity contribution in [2.24, 2.45) is 5.73 Å². The van der Waals surface area contributed by atoms with Crippen molar-refractivity contribution in [3.8, 4) is 5.75 Å². The number of tetrazole rings is 1. The number of nitrogens with zero attached hydrogens (tertiary/aromatic N) is 4. The molecule has 18 heavy (non-hydrogen) atoms. The quantitative estimate of drug-likeness (QED) is 0.807. The highest BCUT2D eigenvalue weighted by atomic mass is 16.5. The molecule has 0 aliphatic rings. The van der Waals surface area contributed by atoms with E-state index in [1.54, 1.807) is 0 Å². The number of benzene rings is 1. The molecule has 0 saturated heterocycles. The average Bonchev–Trinajstić information content (AvgIpc) is 2.80. The van der Waals surface area contributed by atoms with E-state index in [0.717, 1.165) is 11.3 Å². The maximum atomic E-state index is 5.67. The third-order valence-electron chi connectivity index (χ3n) is 2.50. The van der Waals surface area contributed by atoms with E-state index in [0.29, 0.717) is 31.9 Å². The summed E-state index contributed by atoms with van der Waals surface area (Å²) in [5, 5.41) is 12.0. The number of hydrogen-bond acceptors (Lipinski definition) is 5. The summed E-state index contributed by atoms with van der Waals surface area (Å²) < 4.78 is 5.67. The van der Waals surface area contributed by atoms with Crippen LogP contribution in [0, 0.1) is 6.92 Å². The Bertz CT molecular complexity index is 497. The normalized spacial score (nSPS) is 10.6. The van der Waals surface area contributed by atoms with Gasteiger partial charge >= 0.3 is 0 Å². The van der Waals surface area contributed by atoms with Crippen LogP contribution in [0.15, 0.2) is 24.3 Å². The van der Waals surface area contributed by atoms with E-state index < -0.39 is 0 Å². The Morgan fingerprint density at radius 2 is 2.17 bits per heavy atom. The van der Waals surface area contributed by atoms with E-state index in [1.807, 2.05) is 31.2 Å². The van der Waals surface area contributed by atoms with Crippen molar-refractivity contribution >= 4 is 0 Å². The molecule has 2 rings (SSSR count). The SMILES string of the molecule is Cc1ccccc1OCCc1nnn(CCN)n1. The summed E-state index contributed by atoms with van der Waals surface area (Å²) in [6.07, 6.45) is 0.638. The molecule has 6 heteroatoms. The largest absolute Gasteiger partial charge is 0.493 e. The summed E-state index contributed by atoms with van der Waals surface area (Å²) in [5.74, 6) is 1.57. The van der Waals surface area contributed by atoms with Crippen LogP contribution in [-0.2, 0) is 13.0 Å². The lowest BCUT2D eigenvalue weighted by atomic mass is 10.2. The molecule has 0 atom stereocenters. The maximum absolute atomic E-state index is 5.67. The Balaban J connectivity index is 1.83. The summed E-state index contributed by atoms with van der Waals surface area (Å²) >= 11 is 0. The van der Waals surface area contributed by atoms with Gasteiger partial charge in [-0.25, -0.2) is 0 Å². The molecule has 96 valence electrons. The van der Waals surface area contributed by atoms with Gasteiger partial charge in [0, 0.05) is 13.0 Å². The molecule has 0 amide bonds. The van der Waals surface area contributed by atoms with Gasteiger partial charge in [0.2, 0.25) is 0 Å². The first kappa shape index (κ1) is 12.5. The van der Waals surface area contributed by atoms with Crippen molar-refractivity contribution in [2.45, 2.75) is 19.9 Å². The zero-order valence-corrected chi connectivity index (χ0v) is 10.4. The second-order valence-corrected chi connectivity index (χ2v) is 3.95. The van der Waals surface area contributed by atoms with Crippen LogP contribution in [0.1, 0.15) is 11.4 Å². The molecular weight excluding hydrogens is 230 g/mol. The van der Waals surface area contributed by atoms with Gasteiger partial charge in [-0.1, -0.05) is 18.2 Å². The van der Waals surface area contributed by atoms with Gasteiger partial charge in [0.25, 0.3) is 0 Å². The minimum absolute atomic E-state index is 0.509. The summed E-state index contributed by atoms with van der Waals surface area (Å²) in [7, 11) is 0. The highest BCUT2D eigenvalue weighted by Crippen LogP contribution is 2.15. The monoisotopic (exact) mass is 247 g/mol. The number of aryl methyl sites for hydroxylation is 1. The van der Waals surface area contributed by atoms with Crippen LogP contribution < -0.4 is 10.5 Å². The minimum atomic E-state index is 0.509. The molecule has 0 bridgehead atoms. The molecule has 0 saturated carbocycles. The zero-order valence-electron chi connectivity index (χ0n) is 10.4. The minimum Gasteiger partial charge on any atom is -0.493 e. The molecule has 0 unspecified atom stereocenters. The Labute approximate surface area is 106 Å². The third-order valence-corrected chi connectivity index (χ3v) is 2.50. The number of nitrogens with two attached hydrogens (primary N) is 1. The van der Waals surface area contributed by atoms with Gasteiger partial charge in [-0.3, -0.25) is 0 Å². The van der Waals surface area contributed by atoms with Crippen LogP contribution in [0.25, 0.3) is 0 Å². The number of aromatic nitrogens is 4. The van der Waals surface area contributed by atoms with E-state index in [4.69, 9.17) is 10.5 Å². The predicted octanol–water partition coefficient (Wildman–Crippen LogP) is 0.562. The lowest BCUT2D eigenvalue weighted by Gasteiger charge is -2.06. The predicted molar refractivity (Wildman–Crippen MR) is 67.2 cm³/mol. The van der Waals surface area contributed by atoms with Crippen molar-refractivity contribution in [1.82, 2.24) is 20.2 Å². The molecule has 1 heterocycles. The van der Waals surface area contributed by atoms with Crippen LogP contribution >= 0.6 is 0 Å². The maximum Gasteiger partial charge on any atom is 0.178 e. The number of rotatable bonds is 6. The van der Waals surface area contributed by atoms with E-state index >= 15 is 0 Å². The topological polar surface area (TPSA) is 78.9 Å². The van der Waals surface area contributed by atoms with Crippen LogP contribution in [0.4, 0.5) is 0 Å². The fraction of sp³-hybridized carbons (Fsp3) is 0.417. The van der Waals surface area contributed by atoms with Gasteiger partial charge in [0.05, 0.1) is 13.2 Å². The van der Waals surface area contributed by atoms with Crippen molar-refractivity contribution in [1.29, 1.82) is 0 Å². The number of hydrogen-bond donors (Lipinski definition) is 1. The molecule has 0 fully saturated rings.